The minimum Gasteiger partial charge on any atom is -0.171 e. The van der Waals surface area contributed by atoms with Crippen molar-refractivity contribution in [3.63, 3.8) is 0 Å². The first-order valence-corrected chi connectivity index (χ1v) is 4.63. The molecule has 0 atom stereocenters. The molecule has 0 aromatic rings. The van der Waals surface area contributed by atoms with Crippen molar-refractivity contribution in [1.29, 1.82) is 0 Å². The maximum absolute atomic E-state index is 12.4. The highest BCUT2D eigenvalue weighted by atomic mass is 19.4. The third-order valence-electron chi connectivity index (χ3n) is 3.30. The zero-order valence-electron chi connectivity index (χ0n) is 8.63. The molecule has 0 spiro atoms. The Balaban J connectivity index is 2.58. The van der Waals surface area contributed by atoms with E-state index >= 15 is 0 Å². The van der Waals surface area contributed by atoms with E-state index in [1.54, 1.807) is 0 Å². The van der Waals surface area contributed by atoms with Crippen molar-refractivity contribution in [2.24, 2.45) is 16.7 Å². The van der Waals surface area contributed by atoms with E-state index in [0.717, 1.165) is 0 Å². The van der Waals surface area contributed by atoms with E-state index in [4.69, 9.17) is 0 Å². The number of rotatable bonds is 0. The lowest BCUT2D eigenvalue weighted by Crippen LogP contribution is -2.50. The number of hydrogen-bond donors (Lipinski definition) is 0. The Morgan fingerprint density at radius 3 is 1.69 bits per heavy atom. The summed E-state index contributed by atoms with van der Waals surface area (Å²) in [5.41, 5.74) is -1.39. The Bertz CT molecular complexity index is 191. The van der Waals surface area contributed by atoms with Gasteiger partial charge in [0.25, 0.3) is 0 Å². The fourth-order valence-electron chi connectivity index (χ4n) is 1.87. The van der Waals surface area contributed by atoms with Gasteiger partial charge in [-0.1, -0.05) is 27.7 Å². The van der Waals surface area contributed by atoms with Crippen molar-refractivity contribution >= 4 is 0 Å². The maximum Gasteiger partial charge on any atom is 0.394 e. The first-order valence-electron chi connectivity index (χ1n) is 4.63. The van der Waals surface area contributed by atoms with Crippen molar-refractivity contribution in [3.8, 4) is 0 Å². The van der Waals surface area contributed by atoms with Gasteiger partial charge in [-0.2, -0.15) is 13.2 Å². The minimum atomic E-state index is -4.02. The van der Waals surface area contributed by atoms with Crippen molar-refractivity contribution < 1.29 is 13.2 Å². The first kappa shape index (κ1) is 10.9. The van der Waals surface area contributed by atoms with Crippen LogP contribution in [0.15, 0.2) is 0 Å². The topological polar surface area (TPSA) is 0 Å². The summed E-state index contributed by atoms with van der Waals surface area (Å²) in [5, 5.41) is 0. The van der Waals surface area contributed by atoms with Gasteiger partial charge in [0.2, 0.25) is 0 Å². The largest absolute Gasteiger partial charge is 0.394 e. The molecule has 0 heterocycles. The molecule has 0 nitrogen and oxygen atoms in total. The van der Waals surface area contributed by atoms with Gasteiger partial charge >= 0.3 is 6.18 Å². The van der Waals surface area contributed by atoms with Crippen molar-refractivity contribution in [2.45, 2.75) is 46.7 Å². The van der Waals surface area contributed by atoms with Gasteiger partial charge < -0.3 is 0 Å². The lowest BCUT2D eigenvalue weighted by atomic mass is 9.55. The molecule has 0 N–H and O–H groups in total. The molecule has 0 radical (unpaired) electrons. The first-order chi connectivity index (χ1) is 5.56. The van der Waals surface area contributed by atoms with Gasteiger partial charge in [-0.15, -0.1) is 0 Å². The minimum absolute atomic E-state index is 0.0186. The van der Waals surface area contributed by atoms with Gasteiger partial charge in [0, 0.05) is 0 Å². The van der Waals surface area contributed by atoms with Gasteiger partial charge in [-0.3, -0.25) is 0 Å². The fraction of sp³-hybridized carbons (Fsp3) is 1.00. The maximum atomic E-state index is 12.4. The summed E-state index contributed by atoms with van der Waals surface area (Å²) in [5.74, 6) is 0.221. The summed E-state index contributed by atoms with van der Waals surface area (Å²) in [6.07, 6.45) is -3.44. The molecule has 1 aliphatic rings. The Morgan fingerprint density at radius 2 is 1.46 bits per heavy atom. The van der Waals surface area contributed by atoms with Gasteiger partial charge in [0.15, 0.2) is 0 Å². The number of alkyl halides is 3. The number of hydrogen-bond acceptors (Lipinski definition) is 0. The highest BCUT2D eigenvalue weighted by Crippen LogP contribution is 2.59. The van der Waals surface area contributed by atoms with Gasteiger partial charge in [-0.25, -0.2) is 0 Å². The average molecular weight is 194 g/mol. The van der Waals surface area contributed by atoms with Crippen LogP contribution >= 0.6 is 0 Å². The van der Waals surface area contributed by atoms with Crippen molar-refractivity contribution in [3.05, 3.63) is 0 Å². The SMILES string of the molecule is CC(C)(C)[C@H]1C[C@@](C)(C(F)(F)F)C1. The molecule has 0 aromatic heterocycles. The second kappa shape index (κ2) is 2.64. The van der Waals surface area contributed by atoms with Crippen LogP contribution in [0.3, 0.4) is 0 Å². The zero-order chi connectivity index (χ0) is 10.5. The Labute approximate surface area is 77.5 Å². The van der Waals surface area contributed by atoms with Crippen LogP contribution in [0.1, 0.15) is 40.5 Å². The average Bonchev–Trinajstić information content (AvgIpc) is 1.75. The standard InChI is InChI=1S/C10H17F3/c1-8(2,3)7-5-9(4,6-7)10(11,12)13/h7H,5-6H2,1-4H3/t7-,9+. The Kier molecular flexibility index (Phi) is 2.21. The molecule has 1 fully saturated rings. The van der Waals surface area contributed by atoms with Crippen LogP contribution in [0.4, 0.5) is 13.2 Å². The normalized spacial score (nSPS) is 35.8. The molecule has 3 heteroatoms. The van der Waals surface area contributed by atoms with Crippen LogP contribution < -0.4 is 0 Å². The third kappa shape index (κ3) is 1.84. The Hall–Kier alpha value is -0.210. The van der Waals surface area contributed by atoms with Crippen LogP contribution in [-0.4, -0.2) is 6.18 Å². The molecule has 78 valence electrons. The molecule has 0 aromatic carbocycles. The highest BCUT2D eigenvalue weighted by molar-refractivity contribution is 4.99. The van der Waals surface area contributed by atoms with Crippen LogP contribution in [0.2, 0.25) is 0 Å². The molecule has 1 aliphatic carbocycles. The van der Waals surface area contributed by atoms with Crippen LogP contribution in [0.5, 0.6) is 0 Å². The molecule has 0 aliphatic heterocycles. The predicted octanol–water partition coefficient (Wildman–Crippen LogP) is 4.01. The van der Waals surface area contributed by atoms with E-state index in [-0.39, 0.29) is 11.3 Å². The second-order valence-electron chi connectivity index (χ2n) is 5.53. The van der Waals surface area contributed by atoms with E-state index < -0.39 is 11.6 Å². The molecule has 0 amide bonds. The van der Waals surface area contributed by atoms with Crippen LogP contribution in [0.25, 0.3) is 0 Å². The lowest BCUT2D eigenvalue weighted by Gasteiger charge is -2.51. The summed E-state index contributed by atoms with van der Waals surface area (Å²) >= 11 is 0. The Morgan fingerprint density at radius 1 is 1.08 bits per heavy atom. The quantitative estimate of drug-likeness (QED) is 0.546. The second-order valence-corrected chi connectivity index (χ2v) is 5.53. The number of halogens is 3. The van der Waals surface area contributed by atoms with E-state index in [1.807, 2.05) is 20.8 Å². The molecule has 13 heavy (non-hydrogen) atoms. The highest BCUT2D eigenvalue weighted by Gasteiger charge is 2.60. The van der Waals surface area contributed by atoms with Crippen molar-refractivity contribution in [2.75, 3.05) is 0 Å². The summed E-state index contributed by atoms with van der Waals surface area (Å²) in [7, 11) is 0. The summed E-state index contributed by atoms with van der Waals surface area (Å²) in [4.78, 5) is 0. The molecule has 0 unspecified atom stereocenters. The predicted molar refractivity (Wildman–Crippen MR) is 46.3 cm³/mol. The zero-order valence-corrected chi connectivity index (χ0v) is 8.63. The van der Waals surface area contributed by atoms with Crippen LogP contribution in [0, 0.1) is 16.7 Å². The lowest BCUT2D eigenvalue weighted by molar-refractivity contribution is -0.264. The summed E-state index contributed by atoms with van der Waals surface area (Å²) < 4.78 is 37.3. The van der Waals surface area contributed by atoms with Crippen molar-refractivity contribution in [1.82, 2.24) is 0 Å². The van der Waals surface area contributed by atoms with E-state index in [0.29, 0.717) is 12.8 Å². The van der Waals surface area contributed by atoms with Crippen LogP contribution in [-0.2, 0) is 0 Å². The summed E-state index contributed by atoms with van der Waals surface area (Å²) in [6, 6.07) is 0. The summed E-state index contributed by atoms with van der Waals surface area (Å²) in [6.45, 7) is 7.35. The smallest absolute Gasteiger partial charge is 0.171 e. The van der Waals surface area contributed by atoms with E-state index in [9.17, 15) is 13.2 Å². The third-order valence-corrected chi connectivity index (χ3v) is 3.30. The molecular formula is C10H17F3. The monoisotopic (exact) mass is 194 g/mol. The molecular weight excluding hydrogens is 177 g/mol. The van der Waals surface area contributed by atoms with Gasteiger partial charge in [-0.05, 0) is 24.2 Å². The van der Waals surface area contributed by atoms with E-state index in [1.165, 1.54) is 6.92 Å². The van der Waals surface area contributed by atoms with E-state index in [2.05, 4.69) is 0 Å². The fourth-order valence-corrected chi connectivity index (χ4v) is 1.87. The van der Waals surface area contributed by atoms with Gasteiger partial charge in [0.1, 0.15) is 0 Å². The molecule has 1 saturated carbocycles. The molecule has 1 rings (SSSR count). The molecule has 0 saturated heterocycles. The molecule has 0 bridgehead atoms. The van der Waals surface area contributed by atoms with Gasteiger partial charge in [0.05, 0.1) is 5.41 Å².